The maximum Gasteiger partial charge on any atom is 0.295 e. The molecule has 1 saturated heterocycles. The molecule has 1 amide bonds. The predicted octanol–water partition coefficient (Wildman–Crippen LogP) is 4.12. The molecule has 2 heterocycles. The van der Waals surface area contributed by atoms with Crippen LogP contribution in [0.15, 0.2) is 72.6 Å². The zero-order valence-electron chi connectivity index (χ0n) is 19.7. The van der Waals surface area contributed by atoms with E-state index in [9.17, 15) is 14.7 Å². The molecule has 1 atom stereocenters. The van der Waals surface area contributed by atoms with Crippen molar-refractivity contribution >= 4 is 17.4 Å². The van der Waals surface area contributed by atoms with E-state index < -0.39 is 17.7 Å². The van der Waals surface area contributed by atoms with Gasteiger partial charge in [0.2, 0.25) is 0 Å². The van der Waals surface area contributed by atoms with Gasteiger partial charge in [-0.05, 0) is 61.0 Å². The first kappa shape index (κ1) is 23.8. The molecule has 180 valence electrons. The number of carbonyl (C=O) groups excluding carboxylic acids is 2. The lowest BCUT2D eigenvalue weighted by molar-refractivity contribution is -0.140. The van der Waals surface area contributed by atoms with Crippen LogP contribution in [0.1, 0.15) is 29.7 Å². The molecule has 8 nitrogen and oxygen atoms in total. The standard InChI is InChI=1S/C27H26N2O6/c1-4-35-19-9-7-18(8-10-19)25(30)23-24(21-14-20(33-2)11-12-22(21)34-3)29(27(32)26(23)31)16-17-6-5-13-28-15-17/h5-15,24,30H,4,16H2,1-3H3/b25-23+/t24-/m1/s1. The zero-order valence-corrected chi connectivity index (χ0v) is 19.7. The fourth-order valence-corrected chi connectivity index (χ4v) is 4.14. The molecule has 1 aliphatic rings. The van der Waals surface area contributed by atoms with Crippen LogP contribution in [0.2, 0.25) is 0 Å². The largest absolute Gasteiger partial charge is 0.507 e. The second-order valence-electron chi connectivity index (χ2n) is 7.85. The SMILES string of the molecule is CCOc1ccc(/C(O)=C2\C(=O)C(=O)N(Cc3cccnc3)[C@@H]2c2cc(OC)ccc2OC)cc1. The maximum atomic E-state index is 13.3. The Morgan fingerprint density at radius 2 is 1.77 bits per heavy atom. The van der Waals surface area contributed by atoms with Gasteiger partial charge < -0.3 is 24.2 Å². The number of ether oxygens (including phenoxy) is 3. The highest BCUT2D eigenvalue weighted by Gasteiger charge is 2.47. The Hall–Kier alpha value is -4.33. The van der Waals surface area contributed by atoms with Crippen molar-refractivity contribution in [1.82, 2.24) is 9.88 Å². The molecule has 1 fully saturated rings. The second-order valence-corrected chi connectivity index (χ2v) is 7.85. The second kappa shape index (κ2) is 10.3. The number of carbonyl (C=O) groups is 2. The Bertz CT molecular complexity index is 1250. The van der Waals surface area contributed by atoms with E-state index in [2.05, 4.69) is 4.98 Å². The van der Waals surface area contributed by atoms with Crippen molar-refractivity contribution in [3.8, 4) is 17.2 Å². The number of pyridine rings is 1. The quantitative estimate of drug-likeness (QED) is 0.298. The van der Waals surface area contributed by atoms with E-state index in [0.29, 0.717) is 35.0 Å². The number of aliphatic hydroxyl groups excluding tert-OH is 1. The number of methoxy groups -OCH3 is 2. The van der Waals surface area contributed by atoms with E-state index in [0.717, 1.165) is 5.56 Å². The molecule has 2 aromatic carbocycles. The number of likely N-dealkylation sites (tertiary alicyclic amines) is 1. The summed E-state index contributed by atoms with van der Waals surface area (Å²) in [5, 5.41) is 11.3. The van der Waals surface area contributed by atoms with E-state index in [1.54, 1.807) is 60.9 Å². The maximum absolute atomic E-state index is 13.3. The lowest BCUT2D eigenvalue weighted by Gasteiger charge is -2.27. The number of aliphatic hydroxyl groups is 1. The fraction of sp³-hybridized carbons (Fsp3) is 0.222. The lowest BCUT2D eigenvalue weighted by Crippen LogP contribution is -2.29. The van der Waals surface area contributed by atoms with Crippen molar-refractivity contribution < 1.29 is 28.9 Å². The van der Waals surface area contributed by atoms with Gasteiger partial charge in [-0.15, -0.1) is 0 Å². The lowest BCUT2D eigenvalue weighted by atomic mass is 9.94. The Morgan fingerprint density at radius 1 is 1.03 bits per heavy atom. The minimum Gasteiger partial charge on any atom is -0.507 e. The van der Waals surface area contributed by atoms with Crippen LogP contribution in [0.5, 0.6) is 17.2 Å². The van der Waals surface area contributed by atoms with Gasteiger partial charge in [-0.3, -0.25) is 14.6 Å². The number of hydrogen-bond acceptors (Lipinski definition) is 7. The third-order valence-corrected chi connectivity index (χ3v) is 5.79. The average Bonchev–Trinajstić information content (AvgIpc) is 3.14. The summed E-state index contributed by atoms with van der Waals surface area (Å²) in [6, 6.07) is 14.5. The van der Waals surface area contributed by atoms with Crippen LogP contribution in [-0.4, -0.2) is 47.5 Å². The summed E-state index contributed by atoms with van der Waals surface area (Å²) >= 11 is 0. The molecular weight excluding hydrogens is 448 g/mol. The summed E-state index contributed by atoms with van der Waals surface area (Å²) in [6.07, 6.45) is 3.26. The first-order valence-corrected chi connectivity index (χ1v) is 11.1. The first-order chi connectivity index (χ1) is 17.0. The molecule has 0 spiro atoms. The molecule has 4 rings (SSSR count). The minimum atomic E-state index is -0.910. The molecule has 3 aromatic rings. The van der Waals surface area contributed by atoms with Crippen molar-refractivity contribution in [2.75, 3.05) is 20.8 Å². The van der Waals surface area contributed by atoms with Gasteiger partial charge >= 0.3 is 0 Å². The third-order valence-electron chi connectivity index (χ3n) is 5.79. The minimum absolute atomic E-state index is 0.0328. The smallest absolute Gasteiger partial charge is 0.295 e. The van der Waals surface area contributed by atoms with Crippen molar-refractivity contribution in [3.05, 3.63) is 89.3 Å². The molecule has 1 N–H and O–H groups in total. The molecule has 0 aliphatic carbocycles. The van der Waals surface area contributed by atoms with Gasteiger partial charge in [0.05, 0.1) is 32.4 Å². The molecule has 0 bridgehead atoms. The Labute approximate surface area is 203 Å². The number of benzene rings is 2. The van der Waals surface area contributed by atoms with Crippen molar-refractivity contribution in [2.45, 2.75) is 19.5 Å². The molecule has 0 radical (unpaired) electrons. The average molecular weight is 475 g/mol. The van der Waals surface area contributed by atoms with Crippen LogP contribution in [0.4, 0.5) is 0 Å². The van der Waals surface area contributed by atoms with Crippen LogP contribution in [0.25, 0.3) is 5.76 Å². The molecule has 1 aromatic heterocycles. The number of nitrogens with zero attached hydrogens (tertiary/aromatic N) is 2. The Kier molecular flexibility index (Phi) is 7.01. The van der Waals surface area contributed by atoms with Crippen LogP contribution < -0.4 is 14.2 Å². The third kappa shape index (κ3) is 4.68. The molecule has 35 heavy (non-hydrogen) atoms. The summed E-state index contributed by atoms with van der Waals surface area (Å²) in [6.45, 7) is 2.49. The molecular formula is C27H26N2O6. The van der Waals surface area contributed by atoms with Gasteiger partial charge in [-0.1, -0.05) is 6.07 Å². The zero-order chi connectivity index (χ0) is 24.9. The normalized spacial score (nSPS) is 16.9. The molecule has 1 aliphatic heterocycles. The van der Waals surface area contributed by atoms with Crippen LogP contribution in [-0.2, 0) is 16.1 Å². The van der Waals surface area contributed by atoms with E-state index in [-0.39, 0.29) is 17.9 Å². The number of Topliss-reactive ketones (excluding diaryl/α,β-unsaturated/α-hetero) is 1. The van der Waals surface area contributed by atoms with Gasteiger partial charge in [-0.2, -0.15) is 0 Å². The van der Waals surface area contributed by atoms with Gasteiger partial charge in [0.1, 0.15) is 23.0 Å². The fourth-order valence-electron chi connectivity index (χ4n) is 4.14. The van der Waals surface area contributed by atoms with Crippen LogP contribution >= 0.6 is 0 Å². The van der Waals surface area contributed by atoms with Gasteiger partial charge in [0.25, 0.3) is 11.7 Å². The molecule has 0 saturated carbocycles. The summed E-state index contributed by atoms with van der Waals surface area (Å²) in [5.41, 5.74) is 1.61. The monoisotopic (exact) mass is 474 g/mol. The van der Waals surface area contributed by atoms with Gasteiger partial charge in [0, 0.05) is 30.1 Å². The highest BCUT2D eigenvalue weighted by molar-refractivity contribution is 6.46. The predicted molar refractivity (Wildman–Crippen MR) is 129 cm³/mol. The molecule has 0 unspecified atom stereocenters. The summed E-state index contributed by atoms with van der Waals surface area (Å²) in [7, 11) is 3.03. The number of hydrogen-bond donors (Lipinski definition) is 1. The Morgan fingerprint density at radius 3 is 2.40 bits per heavy atom. The summed E-state index contributed by atoms with van der Waals surface area (Å²) in [4.78, 5) is 32.1. The number of aromatic nitrogens is 1. The highest BCUT2D eigenvalue weighted by atomic mass is 16.5. The summed E-state index contributed by atoms with van der Waals surface area (Å²) < 4.78 is 16.4. The van der Waals surface area contributed by atoms with Crippen LogP contribution in [0.3, 0.4) is 0 Å². The number of amides is 1. The van der Waals surface area contributed by atoms with Crippen molar-refractivity contribution in [2.24, 2.45) is 0 Å². The number of ketones is 1. The van der Waals surface area contributed by atoms with Crippen molar-refractivity contribution in [1.29, 1.82) is 0 Å². The van der Waals surface area contributed by atoms with E-state index >= 15 is 0 Å². The van der Waals surface area contributed by atoms with Crippen molar-refractivity contribution in [3.63, 3.8) is 0 Å². The Balaban J connectivity index is 1.89. The summed E-state index contributed by atoms with van der Waals surface area (Å²) in [5.74, 6) is -0.186. The van der Waals surface area contributed by atoms with Crippen LogP contribution in [0, 0.1) is 0 Å². The van der Waals surface area contributed by atoms with E-state index in [1.807, 2.05) is 13.0 Å². The number of rotatable bonds is 8. The van der Waals surface area contributed by atoms with E-state index in [4.69, 9.17) is 14.2 Å². The highest BCUT2D eigenvalue weighted by Crippen LogP contribution is 2.44. The first-order valence-electron chi connectivity index (χ1n) is 11.1. The van der Waals surface area contributed by atoms with Gasteiger partial charge in [0.15, 0.2) is 0 Å². The topological polar surface area (TPSA) is 98.2 Å². The molecule has 8 heteroatoms. The van der Waals surface area contributed by atoms with Gasteiger partial charge in [-0.25, -0.2) is 0 Å². The van der Waals surface area contributed by atoms with E-state index in [1.165, 1.54) is 19.1 Å².